The summed E-state index contributed by atoms with van der Waals surface area (Å²) >= 11 is 6.13. The summed E-state index contributed by atoms with van der Waals surface area (Å²) in [6.45, 7) is 9.06. The van der Waals surface area contributed by atoms with Crippen molar-refractivity contribution in [3.63, 3.8) is 0 Å². The third-order valence-electron chi connectivity index (χ3n) is 3.06. The number of hydrogen-bond donors (Lipinski definition) is 2. The molecule has 0 fully saturated rings. The molecule has 3 N–H and O–H groups in total. The Morgan fingerprint density at radius 2 is 2.14 bits per heavy atom. The molecule has 0 aliphatic rings. The summed E-state index contributed by atoms with van der Waals surface area (Å²) in [6, 6.07) is 5.80. The molecule has 0 spiro atoms. The predicted octanol–water partition coefficient (Wildman–Crippen LogP) is 2.79. The van der Waals surface area contributed by atoms with Gasteiger partial charge in [0.1, 0.15) is 0 Å². The molecular weight excluding hydrogens is 286 g/mol. The van der Waals surface area contributed by atoms with Gasteiger partial charge >= 0.3 is 0 Å². The summed E-state index contributed by atoms with van der Waals surface area (Å²) in [4.78, 5) is 13.4. The predicted molar refractivity (Wildman–Crippen MR) is 89.7 cm³/mol. The minimum Gasteiger partial charge on any atom is -0.368 e. The summed E-state index contributed by atoms with van der Waals surface area (Å²) in [5.74, 6) is 0.0999. The van der Waals surface area contributed by atoms with Crippen LogP contribution in [-0.4, -0.2) is 25.5 Å². The number of benzene rings is 1. The fourth-order valence-corrected chi connectivity index (χ4v) is 2.42. The highest BCUT2D eigenvalue weighted by molar-refractivity contribution is 6.30. The maximum absolute atomic E-state index is 11.4. The molecule has 0 saturated heterocycles. The topological polar surface area (TPSA) is 58.4 Å². The average molecular weight is 312 g/mol. The molecule has 118 valence electrons. The number of primary amides is 1. The van der Waals surface area contributed by atoms with Crippen molar-refractivity contribution in [2.45, 2.75) is 33.7 Å². The average Bonchev–Trinajstić information content (AvgIpc) is 2.39. The van der Waals surface area contributed by atoms with Crippen molar-refractivity contribution in [2.24, 2.45) is 11.7 Å². The van der Waals surface area contributed by atoms with Gasteiger partial charge in [-0.15, -0.1) is 0 Å². The van der Waals surface area contributed by atoms with Crippen LogP contribution in [0.3, 0.4) is 0 Å². The molecule has 0 saturated carbocycles. The van der Waals surface area contributed by atoms with Crippen LogP contribution < -0.4 is 16.0 Å². The minimum atomic E-state index is -0.330. The third kappa shape index (κ3) is 6.36. The van der Waals surface area contributed by atoms with E-state index in [4.69, 9.17) is 17.3 Å². The zero-order valence-corrected chi connectivity index (χ0v) is 13.9. The number of carbonyl (C=O) groups excluding carboxylic acids is 1. The molecule has 0 aliphatic heterocycles. The van der Waals surface area contributed by atoms with E-state index in [2.05, 4.69) is 26.1 Å². The third-order valence-corrected chi connectivity index (χ3v) is 3.30. The quantitative estimate of drug-likeness (QED) is 0.689. The van der Waals surface area contributed by atoms with Crippen molar-refractivity contribution in [2.75, 3.05) is 24.5 Å². The lowest BCUT2D eigenvalue weighted by atomic mass is 10.1. The molecule has 4 nitrogen and oxygen atoms in total. The number of nitrogens with zero attached hydrogens (tertiary/aromatic N) is 1. The summed E-state index contributed by atoms with van der Waals surface area (Å²) in [7, 11) is 0. The number of nitrogens with one attached hydrogen (secondary N) is 1. The van der Waals surface area contributed by atoms with Crippen molar-refractivity contribution in [1.29, 1.82) is 0 Å². The molecule has 1 aromatic rings. The van der Waals surface area contributed by atoms with Crippen LogP contribution >= 0.6 is 11.6 Å². The SMILES string of the molecule is CCCNCc1ccc(Cl)cc1N(CC(N)=O)CC(C)C. The number of carbonyl (C=O) groups is 1. The Kier molecular flexibility index (Phi) is 7.54. The van der Waals surface area contributed by atoms with E-state index in [-0.39, 0.29) is 12.5 Å². The normalized spacial score (nSPS) is 10.9. The lowest BCUT2D eigenvalue weighted by Gasteiger charge is -2.28. The van der Waals surface area contributed by atoms with Crippen molar-refractivity contribution in [1.82, 2.24) is 5.32 Å². The second-order valence-corrected chi connectivity index (χ2v) is 6.13. The molecule has 21 heavy (non-hydrogen) atoms. The second-order valence-electron chi connectivity index (χ2n) is 5.69. The monoisotopic (exact) mass is 311 g/mol. The highest BCUT2D eigenvalue weighted by atomic mass is 35.5. The summed E-state index contributed by atoms with van der Waals surface area (Å²) in [5.41, 5.74) is 7.51. The molecule has 5 heteroatoms. The molecule has 0 bridgehead atoms. The van der Waals surface area contributed by atoms with Gasteiger partial charge in [0.2, 0.25) is 5.91 Å². The van der Waals surface area contributed by atoms with Crippen LogP contribution in [0.4, 0.5) is 5.69 Å². The van der Waals surface area contributed by atoms with Gasteiger partial charge in [-0.1, -0.05) is 38.4 Å². The zero-order valence-electron chi connectivity index (χ0n) is 13.2. The van der Waals surface area contributed by atoms with Crippen LogP contribution in [0.25, 0.3) is 0 Å². The van der Waals surface area contributed by atoms with Crippen LogP contribution in [0.5, 0.6) is 0 Å². The molecule has 0 unspecified atom stereocenters. The summed E-state index contributed by atoms with van der Waals surface area (Å²) in [6.07, 6.45) is 1.08. The van der Waals surface area contributed by atoms with Crippen LogP contribution in [0.1, 0.15) is 32.8 Å². The maximum Gasteiger partial charge on any atom is 0.236 e. The Hall–Kier alpha value is -1.26. The Morgan fingerprint density at radius 3 is 2.71 bits per heavy atom. The van der Waals surface area contributed by atoms with Gasteiger partial charge in [-0.25, -0.2) is 0 Å². The molecule has 1 rings (SSSR count). The van der Waals surface area contributed by atoms with Gasteiger partial charge in [0, 0.05) is 23.8 Å². The van der Waals surface area contributed by atoms with Crippen molar-refractivity contribution in [3.05, 3.63) is 28.8 Å². The number of nitrogens with two attached hydrogens (primary N) is 1. The van der Waals surface area contributed by atoms with Gasteiger partial charge in [0.25, 0.3) is 0 Å². The van der Waals surface area contributed by atoms with E-state index >= 15 is 0 Å². The van der Waals surface area contributed by atoms with E-state index in [0.717, 1.165) is 37.3 Å². The molecule has 0 aromatic heterocycles. The van der Waals surface area contributed by atoms with Gasteiger partial charge in [-0.05, 0) is 36.6 Å². The summed E-state index contributed by atoms with van der Waals surface area (Å²) < 4.78 is 0. The molecule has 1 amide bonds. The summed E-state index contributed by atoms with van der Waals surface area (Å²) in [5, 5.41) is 4.06. The van der Waals surface area contributed by atoms with Crippen LogP contribution in [0.2, 0.25) is 5.02 Å². The van der Waals surface area contributed by atoms with Crippen molar-refractivity contribution >= 4 is 23.2 Å². The van der Waals surface area contributed by atoms with Gasteiger partial charge in [-0.3, -0.25) is 4.79 Å². The van der Waals surface area contributed by atoms with Crippen molar-refractivity contribution in [3.8, 4) is 0 Å². The highest BCUT2D eigenvalue weighted by Gasteiger charge is 2.15. The largest absolute Gasteiger partial charge is 0.368 e. The first-order chi connectivity index (χ1) is 9.93. The Bertz CT molecular complexity index is 463. The first kappa shape index (κ1) is 17.8. The molecule has 0 aliphatic carbocycles. The number of halogens is 1. The number of hydrogen-bond acceptors (Lipinski definition) is 3. The fourth-order valence-electron chi connectivity index (χ4n) is 2.26. The minimum absolute atomic E-state index is 0.208. The van der Waals surface area contributed by atoms with E-state index in [0.29, 0.717) is 10.9 Å². The molecule has 0 radical (unpaired) electrons. The van der Waals surface area contributed by atoms with Crippen LogP contribution in [0.15, 0.2) is 18.2 Å². The number of amides is 1. The fraction of sp³-hybridized carbons (Fsp3) is 0.562. The molecule has 0 atom stereocenters. The molecular formula is C16H26ClN3O. The smallest absolute Gasteiger partial charge is 0.236 e. The second kappa shape index (κ2) is 8.90. The van der Waals surface area contributed by atoms with E-state index in [9.17, 15) is 4.79 Å². The Balaban J connectivity index is 3.02. The van der Waals surface area contributed by atoms with Crippen LogP contribution in [-0.2, 0) is 11.3 Å². The van der Waals surface area contributed by atoms with Crippen molar-refractivity contribution < 1.29 is 4.79 Å². The standard InChI is InChI=1S/C16H26ClN3O/c1-4-7-19-9-13-5-6-14(17)8-15(13)20(10-12(2)3)11-16(18)21/h5-6,8,12,19H,4,7,9-11H2,1-3H3,(H2,18,21). The molecule has 0 heterocycles. The highest BCUT2D eigenvalue weighted by Crippen LogP contribution is 2.25. The van der Waals surface area contributed by atoms with E-state index in [1.165, 1.54) is 0 Å². The first-order valence-corrected chi connectivity index (χ1v) is 7.84. The van der Waals surface area contributed by atoms with Crippen LogP contribution in [0, 0.1) is 5.92 Å². The maximum atomic E-state index is 11.4. The van der Waals surface area contributed by atoms with Gasteiger partial charge < -0.3 is 16.0 Å². The number of rotatable bonds is 9. The Morgan fingerprint density at radius 1 is 1.43 bits per heavy atom. The van der Waals surface area contributed by atoms with E-state index in [1.807, 2.05) is 23.1 Å². The number of anilines is 1. The first-order valence-electron chi connectivity index (χ1n) is 7.46. The lowest BCUT2D eigenvalue weighted by Crippen LogP contribution is -2.37. The van der Waals surface area contributed by atoms with E-state index < -0.39 is 0 Å². The molecule has 1 aromatic carbocycles. The van der Waals surface area contributed by atoms with Gasteiger partial charge in [0.15, 0.2) is 0 Å². The Labute approximate surface area is 132 Å². The zero-order chi connectivity index (χ0) is 15.8. The van der Waals surface area contributed by atoms with Gasteiger partial charge in [0.05, 0.1) is 6.54 Å². The van der Waals surface area contributed by atoms with E-state index in [1.54, 1.807) is 0 Å². The lowest BCUT2D eigenvalue weighted by molar-refractivity contribution is -0.116. The van der Waals surface area contributed by atoms with Gasteiger partial charge in [-0.2, -0.15) is 0 Å².